The molecule has 0 aliphatic rings. The molecule has 9 aromatic carbocycles. The van der Waals surface area contributed by atoms with Gasteiger partial charge in [0.15, 0.2) is 0 Å². The zero-order valence-electron chi connectivity index (χ0n) is 31.5. The molecule has 0 radical (unpaired) electrons. The summed E-state index contributed by atoms with van der Waals surface area (Å²) in [6, 6.07) is 77.3. The lowest BCUT2D eigenvalue weighted by molar-refractivity contribution is 1.17. The van der Waals surface area contributed by atoms with Gasteiger partial charge in [-0.2, -0.15) is 0 Å². The number of para-hydroxylation sites is 5. The maximum Gasteiger partial charge on any atom is 0.0640 e. The van der Waals surface area contributed by atoms with Crippen LogP contribution < -0.4 is 4.90 Å². The zero-order valence-corrected chi connectivity index (χ0v) is 32.3. The van der Waals surface area contributed by atoms with Crippen molar-refractivity contribution >= 4 is 92.2 Å². The molecule has 3 heterocycles. The Morgan fingerprint density at radius 3 is 1.53 bits per heavy atom. The van der Waals surface area contributed by atoms with E-state index in [0.717, 1.165) is 22.7 Å². The van der Waals surface area contributed by atoms with Gasteiger partial charge in [0.05, 0.1) is 32.5 Å². The topological polar surface area (TPSA) is 13.1 Å². The number of thiophene rings is 1. The fourth-order valence-electron chi connectivity index (χ4n) is 9.17. The number of fused-ring (bicyclic) bond motifs is 9. The highest BCUT2D eigenvalue weighted by molar-refractivity contribution is 7.26. The molecule has 4 heteroatoms. The lowest BCUT2D eigenvalue weighted by atomic mass is 10.0. The molecule has 12 aromatic rings. The third-order valence-electron chi connectivity index (χ3n) is 11.7. The largest absolute Gasteiger partial charge is 0.309 e. The van der Waals surface area contributed by atoms with Gasteiger partial charge in [0.2, 0.25) is 0 Å². The lowest BCUT2D eigenvalue weighted by Crippen LogP contribution is -2.10. The van der Waals surface area contributed by atoms with Crippen molar-refractivity contribution in [1.29, 1.82) is 0 Å². The van der Waals surface area contributed by atoms with E-state index in [4.69, 9.17) is 0 Å². The number of anilines is 3. The smallest absolute Gasteiger partial charge is 0.0640 e. The highest BCUT2D eigenvalue weighted by Gasteiger charge is 2.21. The fourth-order valence-corrected chi connectivity index (χ4v) is 10.4. The van der Waals surface area contributed by atoms with E-state index < -0.39 is 0 Å². The monoisotopic (exact) mass is 757 g/mol. The van der Waals surface area contributed by atoms with E-state index >= 15 is 0 Å². The second-order valence-electron chi connectivity index (χ2n) is 14.9. The van der Waals surface area contributed by atoms with Crippen molar-refractivity contribution in [3.63, 3.8) is 0 Å². The number of hydrogen-bond donors (Lipinski definition) is 0. The molecule has 0 aliphatic heterocycles. The zero-order chi connectivity index (χ0) is 38.2. The average Bonchev–Trinajstić information content (AvgIpc) is 3.96. The van der Waals surface area contributed by atoms with Crippen LogP contribution in [0.4, 0.5) is 17.1 Å². The van der Waals surface area contributed by atoms with Crippen molar-refractivity contribution in [3.05, 3.63) is 212 Å². The average molecular weight is 758 g/mol. The Labute approximate surface area is 339 Å². The number of aromatic nitrogens is 2. The van der Waals surface area contributed by atoms with E-state index in [2.05, 4.69) is 226 Å². The summed E-state index contributed by atoms with van der Waals surface area (Å²) in [7, 11) is 0. The first-order valence-corrected chi connectivity index (χ1v) is 20.6. The molecule has 12 rings (SSSR count). The Balaban J connectivity index is 1.03. The van der Waals surface area contributed by atoms with Crippen LogP contribution in [0.5, 0.6) is 0 Å². The highest BCUT2D eigenvalue weighted by Crippen LogP contribution is 2.46. The molecule has 58 heavy (non-hydrogen) atoms. The third-order valence-corrected chi connectivity index (χ3v) is 12.9. The number of benzene rings is 9. The molecule has 0 fully saturated rings. The predicted octanol–water partition coefficient (Wildman–Crippen LogP) is 15.4. The first-order chi connectivity index (χ1) is 28.8. The van der Waals surface area contributed by atoms with E-state index in [-0.39, 0.29) is 0 Å². The van der Waals surface area contributed by atoms with Crippen LogP contribution in [-0.4, -0.2) is 9.13 Å². The minimum Gasteiger partial charge on any atom is -0.309 e. The van der Waals surface area contributed by atoms with Crippen LogP contribution in [0.1, 0.15) is 0 Å². The molecular weight excluding hydrogens is 723 g/mol. The van der Waals surface area contributed by atoms with Gasteiger partial charge in [-0.05, 0) is 84.4 Å². The second kappa shape index (κ2) is 13.1. The third kappa shape index (κ3) is 4.99. The summed E-state index contributed by atoms with van der Waals surface area (Å²) in [6.45, 7) is 0. The van der Waals surface area contributed by atoms with Gasteiger partial charge < -0.3 is 14.0 Å². The standard InChI is InChI=1S/C54H35N3S/c1-2-14-37(15-3-1)57-50-25-10-6-18-44(50)46-21-12-20-41(53(46)57)36-28-30-38(31-29-36)55(51-26-13-22-47-45-19-7-11-27-52(45)58-54(47)51)39-32-34-40(35-33-39)56-48-23-8-4-16-42(48)43-17-5-9-24-49(43)56/h1-35H. The number of hydrogen-bond acceptors (Lipinski definition) is 2. The number of rotatable bonds is 6. The minimum atomic E-state index is 1.11. The molecule has 3 nitrogen and oxygen atoms in total. The normalized spacial score (nSPS) is 11.8. The van der Waals surface area contributed by atoms with Crippen molar-refractivity contribution in [3.8, 4) is 22.5 Å². The van der Waals surface area contributed by atoms with Gasteiger partial charge in [0.1, 0.15) is 0 Å². The summed E-state index contributed by atoms with van der Waals surface area (Å²) in [5.74, 6) is 0. The van der Waals surface area contributed by atoms with Gasteiger partial charge in [-0.1, -0.05) is 133 Å². The van der Waals surface area contributed by atoms with Gasteiger partial charge in [-0.25, -0.2) is 0 Å². The van der Waals surface area contributed by atoms with Crippen molar-refractivity contribution in [2.24, 2.45) is 0 Å². The summed E-state index contributed by atoms with van der Waals surface area (Å²) in [5, 5.41) is 7.61. The summed E-state index contributed by atoms with van der Waals surface area (Å²) in [5.41, 5.74) is 12.9. The summed E-state index contributed by atoms with van der Waals surface area (Å²) in [4.78, 5) is 2.43. The van der Waals surface area contributed by atoms with Crippen LogP contribution in [0.3, 0.4) is 0 Å². The molecule has 0 N–H and O–H groups in total. The highest BCUT2D eigenvalue weighted by atomic mass is 32.1. The fraction of sp³-hybridized carbons (Fsp3) is 0. The summed E-state index contributed by atoms with van der Waals surface area (Å²) in [6.07, 6.45) is 0. The van der Waals surface area contributed by atoms with Crippen molar-refractivity contribution in [1.82, 2.24) is 9.13 Å². The van der Waals surface area contributed by atoms with Crippen molar-refractivity contribution in [2.45, 2.75) is 0 Å². The Hall–Kier alpha value is -7.40. The minimum absolute atomic E-state index is 1.11. The molecule has 0 bridgehead atoms. The molecule has 0 amide bonds. The van der Waals surface area contributed by atoms with Gasteiger partial charge >= 0.3 is 0 Å². The molecule has 272 valence electrons. The SMILES string of the molecule is c1ccc(-n2c3ccccc3c3cccc(-c4ccc(N(c5ccc(-n6c7ccccc7c7ccccc76)cc5)c5cccc6c5sc5ccccc56)cc4)c32)cc1. The van der Waals surface area contributed by atoms with Crippen LogP contribution in [0.15, 0.2) is 212 Å². The molecular formula is C54H35N3S. The summed E-state index contributed by atoms with van der Waals surface area (Å²) < 4.78 is 7.37. The van der Waals surface area contributed by atoms with E-state index in [1.165, 1.54) is 80.6 Å². The quantitative estimate of drug-likeness (QED) is 0.165. The van der Waals surface area contributed by atoms with Gasteiger partial charge in [0, 0.05) is 65.3 Å². The van der Waals surface area contributed by atoms with Crippen LogP contribution in [-0.2, 0) is 0 Å². The lowest BCUT2D eigenvalue weighted by Gasteiger charge is -2.26. The molecule has 0 saturated carbocycles. The van der Waals surface area contributed by atoms with Crippen LogP contribution in [0, 0.1) is 0 Å². The van der Waals surface area contributed by atoms with Crippen LogP contribution >= 0.6 is 11.3 Å². The van der Waals surface area contributed by atoms with E-state index in [9.17, 15) is 0 Å². The van der Waals surface area contributed by atoms with Crippen molar-refractivity contribution < 1.29 is 0 Å². The number of nitrogens with zero attached hydrogens (tertiary/aromatic N) is 3. The summed E-state index contributed by atoms with van der Waals surface area (Å²) >= 11 is 1.86. The second-order valence-corrected chi connectivity index (χ2v) is 16.0. The molecule has 0 atom stereocenters. The van der Waals surface area contributed by atoms with Crippen LogP contribution in [0.2, 0.25) is 0 Å². The van der Waals surface area contributed by atoms with Gasteiger partial charge in [0.25, 0.3) is 0 Å². The first kappa shape index (κ1) is 32.8. The molecule has 3 aromatic heterocycles. The predicted molar refractivity (Wildman–Crippen MR) is 248 cm³/mol. The molecule has 0 unspecified atom stereocenters. The van der Waals surface area contributed by atoms with E-state index in [1.807, 2.05) is 11.3 Å². The van der Waals surface area contributed by atoms with Gasteiger partial charge in [-0.15, -0.1) is 11.3 Å². The first-order valence-electron chi connectivity index (χ1n) is 19.8. The van der Waals surface area contributed by atoms with E-state index in [0.29, 0.717) is 0 Å². The van der Waals surface area contributed by atoms with Crippen LogP contribution in [0.25, 0.3) is 86.3 Å². The van der Waals surface area contributed by atoms with Crippen molar-refractivity contribution in [2.75, 3.05) is 4.90 Å². The molecule has 0 aliphatic carbocycles. The maximum atomic E-state index is 2.43. The van der Waals surface area contributed by atoms with Gasteiger partial charge in [-0.3, -0.25) is 0 Å². The molecule has 0 saturated heterocycles. The Kier molecular flexibility index (Phi) is 7.40. The Morgan fingerprint density at radius 1 is 0.345 bits per heavy atom. The molecule has 0 spiro atoms. The maximum absolute atomic E-state index is 2.43. The Morgan fingerprint density at radius 2 is 0.845 bits per heavy atom. The Bertz CT molecular complexity index is 3440. The van der Waals surface area contributed by atoms with E-state index in [1.54, 1.807) is 0 Å².